The van der Waals surface area contributed by atoms with Gasteiger partial charge in [0.05, 0.1) is 23.2 Å². The molecule has 0 spiro atoms. The Hall–Kier alpha value is -2.59. The van der Waals surface area contributed by atoms with Crippen molar-refractivity contribution in [2.75, 3.05) is 18.5 Å². The van der Waals surface area contributed by atoms with Gasteiger partial charge in [0.25, 0.3) is 5.92 Å². The number of carbonyl (C=O) groups is 1. The summed E-state index contributed by atoms with van der Waals surface area (Å²) in [5.74, 6) is -3.80. The third-order valence-electron chi connectivity index (χ3n) is 6.99. The van der Waals surface area contributed by atoms with Crippen LogP contribution in [0.5, 0.6) is 0 Å². The van der Waals surface area contributed by atoms with Crippen LogP contribution >= 0.6 is 22.9 Å². The average molecular weight is 615 g/mol. The van der Waals surface area contributed by atoms with Gasteiger partial charge >= 0.3 is 10.3 Å². The van der Waals surface area contributed by atoms with Gasteiger partial charge in [0, 0.05) is 33.6 Å². The molecule has 0 amide bonds. The van der Waals surface area contributed by atoms with Gasteiger partial charge in [-0.05, 0) is 49.1 Å². The Bertz CT molecular complexity index is 1550. The molecule has 1 aliphatic heterocycles. The first kappa shape index (κ1) is 28.9. The van der Waals surface area contributed by atoms with Crippen molar-refractivity contribution in [3.8, 4) is 0 Å². The normalized spacial score (nSPS) is 24.1. The Morgan fingerprint density at radius 2 is 2.10 bits per heavy atom. The summed E-state index contributed by atoms with van der Waals surface area (Å²) in [6, 6.07) is 5.46. The molecule has 1 saturated carbocycles. The molecule has 2 aromatic heterocycles. The van der Waals surface area contributed by atoms with Crippen LogP contribution in [0.4, 0.5) is 14.6 Å². The van der Waals surface area contributed by atoms with Crippen molar-refractivity contribution in [2.45, 2.75) is 43.9 Å². The van der Waals surface area contributed by atoms with Crippen LogP contribution in [-0.4, -0.2) is 54.6 Å². The average Bonchev–Trinajstić information content (AvgIpc) is 3.43. The quantitative estimate of drug-likeness (QED) is 0.322. The van der Waals surface area contributed by atoms with Gasteiger partial charge in [-0.2, -0.15) is 17.2 Å². The summed E-state index contributed by atoms with van der Waals surface area (Å²) in [4.78, 5) is 22.8. The summed E-state index contributed by atoms with van der Waals surface area (Å²) >= 11 is 7.31. The van der Waals surface area contributed by atoms with Crippen LogP contribution in [0.15, 0.2) is 36.8 Å². The summed E-state index contributed by atoms with van der Waals surface area (Å²) in [5.41, 5.74) is 0.833. The molecule has 0 saturated heterocycles. The predicted molar refractivity (Wildman–Crippen MR) is 143 cm³/mol. The van der Waals surface area contributed by atoms with Crippen LogP contribution in [0, 0.1) is 12.8 Å². The van der Waals surface area contributed by atoms with Gasteiger partial charge in [0.1, 0.15) is 24.9 Å². The van der Waals surface area contributed by atoms with E-state index in [2.05, 4.69) is 19.5 Å². The number of alkyl halides is 2. The summed E-state index contributed by atoms with van der Waals surface area (Å²) in [7, 11) is -4.14. The van der Waals surface area contributed by atoms with Crippen molar-refractivity contribution in [1.29, 1.82) is 0 Å². The van der Waals surface area contributed by atoms with Crippen molar-refractivity contribution in [3.05, 3.63) is 73.8 Å². The second-order valence-corrected chi connectivity index (χ2v) is 12.7. The Labute approximate surface area is 237 Å². The number of nitrogens with zero attached hydrogens (tertiary/aromatic N) is 2. The third kappa shape index (κ3) is 6.03. The fourth-order valence-electron chi connectivity index (χ4n) is 5.08. The van der Waals surface area contributed by atoms with Crippen LogP contribution < -0.4 is 10.5 Å². The summed E-state index contributed by atoms with van der Waals surface area (Å²) < 4.78 is 61.5. The number of fused-ring (bicyclic) bond motifs is 1. The minimum absolute atomic E-state index is 0.166. The number of benzene rings is 1. The number of nitrogens with two attached hydrogens (primary N) is 1. The second kappa shape index (κ2) is 11.0. The van der Waals surface area contributed by atoms with Crippen LogP contribution in [-0.2, 0) is 25.1 Å². The van der Waals surface area contributed by atoms with Crippen molar-refractivity contribution < 1.29 is 36.0 Å². The number of thiophene rings is 1. The van der Waals surface area contributed by atoms with Crippen LogP contribution in [0.25, 0.3) is 0 Å². The first-order valence-corrected chi connectivity index (χ1v) is 14.8. The maximum Gasteiger partial charge on any atom is 0.333 e. The van der Waals surface area contributed by atoms with Crippen molar-refractivity contribution in [3.63, 3.8) is 0 Å². The number of ketones is 1. The smallest absolute Gasteiger partial charge is 0.333 e. The molecule has 15 heteroatoms. The molecule has 3 aromatic rings. The zero-order chi connectivity index (χ0) is 28.8. The summed E-state index contributed by atoms with van der Waals surface area (Å²) in [6.07, 6.45) is 1.58. The largest absolute Gasteiger partial charge is 0.393 e. The van der Waals surface area contributed by atoms with Gasteiger partial charge in [-0.1, -0.05) is 17.7 Å². The third-order valence-corrected chi connectivity index (χ3v) is 8.75. The number of aryl methyl sites for hydroxylation is 1. The minimum atomic E-state index is -4.14. The van der Waals surface area contributed by atoms with Crippen molar-refractivity contribution in [2.24, 2.45) is 11.1 Å². The molecule has 10 nitrogen and oxygen atoms in total. The molecular weight excluding hydrogens is 590 g/mol. The van der Waals surface area contributed by atoms with Crippen molar-refractivity contribution in [1.82, 2.24) is 9.97 Å². The lowest BCUT2D eigenvalue weighted by atomic mass is 9.91. The Morgan fingerprint density at radius 3 is 2.85 bits per heavy atom. The summed E-state index contributed by atoms with van der Waals surface area (Å²) in [5, 5.41) is 18.7. The van der Waals surface area contributed by atoms with Gasteiger partial charge in [-0.3, -0.25) is 8.98 Å². The molecule has 4 N–H and O–H groups in total. The van der Waals surface area contributed by atoms with Gasteiger partial charge in [0.15, 0.2) is 0 Å². The second-order valence-electron chi connectivity index (χ2n) is 9.78. The fourth-order valence-corrected chi connectivity index (χ4v) is 6.63. The van der Waals surface area contributed by atoms with Crippen LogP contribution in [0.2, 0.25) is 5.02 Å². The van der Waals surface area contributed by atoms with E-state index in [1.807, 2.05) is 0 Å². The standard InChI is InChI=1S/C25H25ClF2N4O6S2/c1-12-16(23-17-5-14(26)2-3-19(17)25(27,28)10-37-23)7-21(39-12)22(34)18-8-30-11-31-24(18)32-15-4-13(20(33)6-15)9-38-40(29,35)36/h2-3,5,7-8,11,13,15,20,23,33H,4,6,9-10H2,1H3,(H2,29,35,36)(H,30,31,32)/t13-,15-,20+,23+/m1/s1. The highest BCUT2D eigenvalue weighted by atomic mass is 35.5. The van der Waals surface area contributed by atoms with Crippen LogP contribution in [0.3, 0.4) is 0 Å². The number of rotatable bonds is 8. The molecule has 2 aliphatic rings. The van der Waals surface area contributed by atoms with E-state index >= 15 is 0 Å². The van der Waals surface area contributed by atoms with E-state index in [1.165, 1.54) is 42.1 Å². The maximum atomic E-state index is 14.5. The first-order valence-electron chi connectivity index (χ1n) is 12.2. The van der Waals surface area contributed by atoms with Gasteiger partial charge in [-0.25, -0.2) is 15.1 Å². The molecule has 4 atom stereocenters. The SMILES string of the molecule is Cc1sc(C(=O)c2cncnc2N[C@@H]2C[C@H](COS(N)(=O)=O)[C@@H](O)C2)cc1[C@@H]1OCC(F)(F)c2ccc(Cl)cc21. The summed E-state index contributed by atoms with van der Waals surface area (Å²) in [6.45, 7) is 0.706. The van der Waals surface area contributed by atoms with Gasteiger partial charge < -0.3 is 15.2 Å². The monoisotopic (exact) mass is 614 g/mol. The number of ether oxygens (including phenoxy) is 1. The molecule has 0 radical (unpaired) electrons. The Balaban J connectivity index is 1.37. The lowest BCUT2D eigenvalue weighted by molar-refractivity contribution is -0.115. The Morgan fingerprint density at radius 1 is 1.32 bits per heavy atom. The number of hydrogen-bond donors (Lipinski definition) is 3. The molecule has 1 aliphatic carbocycles. The number of nitrogens with one attached hydrogen (secondary N) is 1. The van der Waals surface area contributed by atoms with E-state index in [1.54, 1.807) is 13.0 Å². The molecule has 0 bridgehead atoms. The molecule has 1 fully saturated rings. The number of aliphatic hydroxyl groups excluding tert-OH is 1. The molecule has 214 valence electrons. The number of carbonyl (C=O) groups excluding carboxylic acids is 1. The van der Waals surface area contributed by atoms with Crippen LogP contribution in [0.1, 0.15) is 55.7 Å². The van der Waals surface area contributed by atoms with E-state index < -0.39 is 41.0 Å². The molecule has 3 heterocycles. The van der Waals surface area contributed by atoms with E-state index in [0.29, 0.717) is 26.8 Å². The number of halogens is 3. The molecule has 1 aromatic carbocycles. The Kier molecular flexibility index (Phi) is 7.96. The predicted octanol–water partition coefficient (Wildman–Crippen LogP) is 3.71. The van der Waals surface area contributed by atoms with Gasteiger partial charge in [-0.15, -0.1) is 11.3 Å². The number of aromatic nitrogens is 2. The minimum Gasteiger partial charge on any atom is -0.393 e. The lowest BCUT2D eigenvalue weighted by Crippen LogP contribution is -2.31. The highest BCUT2D eigenvalue weighted by Gasteiger charge is 2.43. The zero-order valence-electron chi connectivity index (χ0n) is 21.0. The zero-order valence-corrected chi connectivity index (χ0v) is 23.4. The molecular formula is C25H25ClF2N4O6S2. The first-order chi connectivity index (χ1) is 18.8. The molecule has 5 rings (SSSR count). The van der Waals surface area contributed by atoms with Gasteiger partial charge in [0.2, 0.25) is 5.78 Å². The number of hydrogen-bond acceptors (Lipinski definition) is 10. The molecule has 40 heavy (non-hydrogen) atoms. The molecule has 0 unspecified atom stereocenters. The fraction of sp³-hybridized carbons (Fsp3) is 0.400. The van der Waals surface area contributed by atoms with Crippen molar-refractivity contribution >= 4 is 44.8 Å². The maximum absolute atomic E-state index is 14.5. The van der Waals surface area contributed by atoms with E-state index in [9.17, 15) is 27.1 Å². The van der Waals surface area contributed by atoms with E-state index in [4.69, 9.17) is 21.5 Å². The topological polar surface area (TPSA) is 154 Å². The number of aliphatic hydroxyl groups is 1. The highest BCUT2D eigenvalue weighted by molar-refractivity contribution is 7.84. The highest BCUT2D eigenvalue weighted by Crippen LogP contribution is 2.46. The number of anilines is 1. The van der Waals surface area contributed by atoms with E-state index in [-0.39, 0.29) is 47.4 Å². The van der Waals surface area contributed by atoms with E-state index in [0.717, 1.165) is 0 Å². The lowest BCUT2D eigenvalue weighted by Gasteiger charge is -2.32.